The van der Waals surface area contributed by atoms with E-state index in [0.717, 1.165) is 4.88 Å². The second-order valence-corrected chi connectivity index (χ2v) is 6.28. The molecule has 0 spiro atoms. The molecule has 0 amide bonds. The summed E-state index contributed by atoms with van der Waals surface area (Å²) < 4.78 is 27.2. The number of thiophene rings is 1. The van der Waals surface area contributed by atoms with Crippen LogP contribution in [0.1, 0.15) is 5.69 Å². The van der Waals surface area contributed by atoms with Crippen LogP contribution in [0.5, 0.6) is 0 Å². The van der Waals surface area contributed by atoms with Crippen molar-refractivity contribution in [3.63, 3.8) is 0 Å². The summed E-state index contributed by atoms with van der Waals surface area (Å²) in [6.07, 6.45) is 2.56. The minimum atomic E-state index is -3.05. The lowest BCUT2D eigenvalue weighted by Gasteiger charge is -1.90. The highest BCUT2D eigenvalue weighted by atomic mass is 32.2. The molecule has 0 aliphatic carbocycles. The third kappa shape index (κ3) is 2.66. The highest BCUT2D eigenvalue weighted by molar-refractivity contribution is 7.89. The van der Waals surface area contributed by atoms with Gasteiger partial charge in [-0.2, -0.15) is 0 Å². The van der Waals surface area contributed by atoms with Gasteiger partial charge in [0.15, 0.2) is 9.84 Å². The molecule has 0 aromatic carbocycles. The van der Waals surface area contributed by atoms with E-state index in [1.54, 1.807) is 0 Å². The van der Waals surface area contributed by atoms with Crippen molar-refractivity contribution in [3.05, 3.63) is 29.5 Å². The van der Waals surface area contributed by atoms with Crippen LogP contribution in [0.25, 0.3) is 10.8 Å². The molecular formula is C9H9NO3S2. The van der Waals surface area contributed by atoms with Gasteiger partial charge >= 0.3 is 0 Å². The van der Waals surface area contributed by atoms with Gasteiger partial charge < -0.3 is 4.42 Å². The summed E-state index contributed by atoms with van der Waals surface area (Å²) in [5.41, 5.74) is 0.445. The summed E-state index contributed by atoms with van der Waals surface area (Å²) in [6.45, 7) is 0. The Balaban J connectivity index is 2.25. The van der Waals surface area contributed by atoms with Gasteiger partial charge in [0, 0.05) is 6.26 Å². The molecule has 0 saturated heterocycles. The Kier molecular flexibility index (Phi) is 2.62. The van der Waals surface area contributed by atoms with Crippen LogP contribution in [-0.2, 0) is 15.6 Å². The Bertz CT molecular complexity index is 540. The van der Waals surface area contributed by atoms with Crippen molar-refractivity contribution in [1.82, 2.24) is 4.98 Å². The molecule has 0 unspecified atom stereocenters. The topological polar surface area (TPSA) is 60.2 Å². The number of aromatic nitrogens is 1. The van der Waals surface area contributed by atoms with E-state index in [0.29, 0.717) is 11.6 Å². The van der Waals surface area contributed by atoms with Crippen molar-refractivity contribution in [3.8, 4) is 10.8 Å². The summed E-state index contributed by atoms with van der Waals surface area (Å²) in [4.78, 5) is 5.00. The monoisotopic (exact) mass is 243 g/mol. The molecule has 15 heavy (non-hydrogen) atoms. The maximum Gasteiger partial charge on any atom is 0.236 e. The Hall–Kier alpha value is -1.14. The highest BCUT2D eigenvalue weighted by Gasteiger charge is 2.11. The minimum Gasteiger partial charge on any atom is -0.444 e. The molecule has 0 radical (unpaired) electrons. The van der Waals surface area contributed by atoms with Gasteiger partial charge in [0.05, 0.1) is 16.3 Å². The Labute approximate surface area is 91.5 Å². The van der Waals surface area contributed by atoms with Crippen LogP contribution in [0.15, 0.2) is 28.2 Å². The zero-order valence-corrected chi connectivity index (χ0v) is 9.64. The average Bonchev–Trinajstić information content (AvgIpc) is 2.68. The average molecular weight is 243 g/mol. The summed E-state index contributed by atoms with van der Waals surface area (Å²) in [5, 5.41) is 1.91. The molecule has 0 atom stereocenters. The molecule has 0 bridgehead atoms. The van der Waals surface area contributed by atoms with Crippen LogP contribution in [0.4, 0.5) is 0 Å². The molecular weight excluding hydrogens is 234 g/mol. The van der Waals surface area contributed by atoms with E-state index in [4.69, 9.17) is 4.42 Å². The van der Waals surface area contributed by atoms with Gasteiger partial charge in [0.2, 0.25) is 5.89 Å². The maximum absolute atomic E-state index is 11.0. The van der Waals surface area contributed by atoms with Crippen LogP contribution >= 0.6 is 11.3 Å². The molecule has 2 aromatic rings. The molecule has 2 aromatic heterocycles. The third-order valence-corrected chi connectivity index (χ3v) is 3.37. The first kappa shape index (κ1) is 10.4. The molecule has 2 rings (SSSR count). The Morgan fingerprint density at radius 2 is 2.33 bits per heavy atom. The van der Waals surface area contributed by atoms with Crippen LogP contribution in [0.2, 0.25) is 0 Å². The van der Waals surface area contributed by atoms with Crippen LogP contribution in [-0.4, -0.2) is 19.7 Å². The predicted octanol–water partition coefficient (Wildman–Crippen LogP) is 1.95. The largest absolute Gasteiger partial charge is 0.444 e. The molecule has 4 nitrogen and oxygen atoms in total. The third-order valence-electron chi connectivity index (χ3n) is 1.69. The minimum absolute atomic E-state index is 0.0815. The highest BCUT2D eigenvalue weighted by Crippen LogP contribution is 2.23. The lowest BCUT2D eigenvalue weighted by Crippen LogP contribution is -2.00. The Morgan fingerprint density at radius 3 is 2.93 bits per heavy atom. The molecule has 6 heteroatoms. The molecule has 0 aliphatic heterocycles. The fraction of sp³-hybridized carbons (Fsp3) is 0.222. The van der Waals surface area contributed by atoms with E-state index < -0.39 is 9.84 Å². The fourth-order valence-electron chi connectivity index (χ4n) is 1.16. The first-order chi connectivity index (χ1) is 7.04. The zero-order chi connectivity index (χ0) is 10.9. The van der Waals surface area contributed by atoms with Gasteiger partial charge in [-0.3, -0.25) is 0 Å². The van der Waals surface area contributed by atoms with Crippen molar-refractivity contribution < 1.29 is 12.8 Å². The summed E-state index contributed by atoms with van der Waals surface area (Å²) in [5.74, 6) is 0.394. The number of oxazole rings is 1. The van der Waals surface area contributed by atoms with Crippen molar-refractivity contribution in [2.24, 2.45) is 0 Å². The quantitative estimate of drug-likeness (QED) is 0.826. The normalized spacial score (nSPS) is 11.8. The first-order valence-electron chi connectivity index (χ1n) is 4.20. The number of hydrogen-bond acceptors (Lipinski definition) is 5. The number of nitrogens with zero attached hydrogens (tertiary/aromatic N) is 1. The van der Waals surface area contributed by atoms with Gasteiger partial charge in [-0.25, -0.2) is 13.4 Å². The number of hydrogen-bond donors (Lipinski definition) is 0. The van der Waals surface area contributed by atoms with Crippen molar-refractivity contribution in [1.29, 1.82) is 0 Å². The Morgan fingerprint density at radius 1 is 1.53 bits per heavy atom. The fourth-order valence-corrected chi connectivity index (χ4v) is 2.48. The van der Waals surface area contributed by atoms with Crippen LogP contribution in [0, 0.1) is 0 Å². The zero-order valence-electron chi connectivity index (χ0n) is 8.00. The van der Waals surface area contributed by atoms with Gasteiger partial charge in [-0.15, -0.1) is 11.3 Å². The molecule has 0 fully saturated rings. The van der Waals surface area contributed by atoms with Crippen molar-refractivity contribution >= 4 is 21.2 Å². The second-order valence-electron chi connectivity index (χ2n) is 3.19. The smallest absolute Gasteiger partial charge is 0.236 e. The van der Waals surface area contributed by atoms with Crippen LogP contribution in [0.3, 0.4) is 0 Å². The molecule has 0 aliphatic rings. The molecule has 0 N–H and O–H groups in total. The summed E-state index contributed by atoms with van der Waals surface area (Å²) >= 11 is 1.50. The van der Waals surface area contributed by atoms with Crippen molar-refractivity contribution in [2.75, 3.05) is 6.26 Å². The van der Waals surface area contributed by atoms with E-state index in [-0.39, 0.29) is 5.75 Å². The predicted molar refractivity (Wildman–Crippen MR) is 58.4 cm³/mol. The number of rotatable bonds is 3. The molecule has 0 saturated carbocycles. The van der Waals surface area contributed by atoms with Gasteiger partial charge in [-0.05, 0) is 11.4 Å². The van der Waals surface area contributed by atoms with Crippen molar-refractivity contribution in [2.45, 2.75) is 5.75 Å². The van der Waals surface area contributed by atoms with E-state index in [1.807, 2.05) is 17.5 Å². The van der Waals surface area contributed by atoms with E-state index >= 15 is 0 Å². The van der Waals surface area contributed by atoms with Gasteiger partial charge in [0.25, 0.3) is 0 Å². The standard InChI is InChI=1S/C9H9NO3S2/c1-15(11,12)6-7-5-13-9(10-7)8-3-2-4-14-8/h2-5H,6H2,1H3. The van der Waals surface area contributed by atoms with Gasteiger partial charge in [-0.1, -0.05) is 6.07 Å². The second kappa shape index (κ2) is 3.79. The number of sulfone groups is 1. The van der Waals surface area contributed by atoms with E-state index in [9.17, 15) is 8.42 Å². The van der Waals surface area contributed by atoms with E-state index in [2.05, 4.69) is 4.98 Å². The first-order valence-corrected chi connectivity index (χ1v) is 7.14. The lowest BCUT2D eigenvalue weighted by molar-refractivity contribution is 0.573. The summed E-state index contributed by atoms with van der Waals surface area (Å²) in [7, 11) is -3.05. The van der Waals surface area contributed by atoms with E-state index in [1.165, 1.54) is 23.9 Å². The summed E-state index contributed by atoms with van der Waals surface area (Å²) in [6, 6.07) is 3.77. The molecule has 80 valence electrons. The molecule has 2 heterocycles. The van der Waals surface area contributed by atoms with Crippen LogP contribution < -0.4 is 0 Å². The SMILES string of the molecule is CS(=O)(=O)Cc1coc(-c2cccs2)n1. The lowest BCUT2D eigenvalue weighted by atomic mass is 10.5. The van der Waals surface area contributed by atoms with Gasteiger partial charge in [0.1, 0.15) is 6.26 Å². The maximum atomic E-state index is 11.0.